The first-order valence-electron chi connectivity index (χ1n) is 7.38. The molecule has 5 heteroatoms. The van der Waals surface area contributed by atoms with Crippen LogP contribution < -0.4 is 0 Å². The van der Waals surface area contributed by atoms with Crippen LogP contribution in [0.3, 0.4) is 0 Å². The molecule has 2 heterocycles. The summed E-state index contributed by atoms with van der Waals surface area (Å²) < 4.78 is 10.8. The lowest BCUT2D eigenvalue weighted by molar-refractivity contribution is -0.229. The molecule has 0 radical (unpaired) electrons. The number of ether oxygens (including phenoxy) is 2. The SMILES string of the molecule is C[C@@]1(CO)C[C@]2(C)CC(=O)OC3OC(=O)[C@@H]4CC[C@@H]1[C@]342. The molecule has 5 nitrogen and oxygen atoms in total. The van der Waals surface area contributed by atoms with E-state index in [9.17, 15) is 14.7 Å². The van der Waals surface area contributed by atoms with Gasteiger partial charge in [-0.3, -0.25) is 9.59 Å². The van der Waals surface area contributed by atoms with Crippen LogP contribution in [-0.2, 0) is 19.1 Å². The van der Waals surface area contributed by atoms with Crippen molar-refractivity contribution in [3.63, 3.8) is 0 Å². The third-order valence-corrected chi connectivity index (χ3v) is 6.61. The molecule has 1 N–H and O–H groups in total. The number of aliphatic hydroxyl groups is 1. The predicted molar refractivity (Wildman–Crippen MR) is 67.2 cm³/mol. The largest absolute Gasteiger partial charge is 0.424 e. The van der Waals surface area contributed by atoms with Crippen LogP contribution in [0.5, 0.6) is 0 Å². The van der Waals surface area contributed by atoms with Gasteiger partial charge in [0.2, 0.25) is 0 Å². The standard InChI is InChI=1S/C15H20O5/c1-13(7-16)6-14(2)5-10(17)19-12-15(14)8(11(18)20-12)3-4-9(13)15/h8-9,12,16H,3-7H2,1-2H3/t8-,9-,12?,13-,14-,15-/m0/s1. The molecule has 0 aromatic heterocycles. The van der Waals surface area contributed by atoms with Gasteiger partial charge in [0.1, 0.15) is 0 Å². The first kappa shape index (κ1) is 12.6. The van der Waals surface area contributed by atoms with E-state index in [0.717, 1.165) is 19.3 Å². The summed E-state index contributed by atoms with van der Waals surface area (Å²) in [5.41, 5.74) is -0.998. The van der Waals surface area contributed by atoms with Crippen molar-refractivity contribution in [2.75, 3.05) is 6.61 Å². The molecule has 0 aromatic carbocycles. The van der Waals surface area contributed by atoms with Gasteiger partial charge in [0, 0.05) is 6.61 Å². The quantitative estimate of drug-likeness (QED) is 0.732. The fourth-order valence-electron chi connectivity index (χ4n) is 6.18. The average Bonchev–Trinajstić information content (AvgIpc) is 2.92. The molecule has 6 atom stereocenters. The van der Waals surface area contributed by atoms with E-state index in [0.29, 0.717) is 6.42 Å². The summed E-state index contributed by atoms with van der Waals surface area (Å²) in [5, 5.41) is 9.90. The molecular formula is C15H20O5. The zero-order chi connectivity index (χ0) is 14.3. The number of hydrogen-bond donors (Lipinski definition) is 1. The molecule has 4 rings (SSSR count). The Hall–Kier alpha value is -1.10. The Morgan fingerprint density at radius 2 is 2.00 bits per heavy atom. The highest BCUT2D eigenvalue weighted by Gasteiger charge is 2.81. The van der Waals surface area contributed by atoms with Gasteiger partial charge in [0.15, 0.2) is 0 Å². The molecule has 2 aliphatic carbocycles. The van der Waals surface area contributed by atoms with Crippen LogP contribution in [-0.4, -0.2) is 29.9 Å². The van der Waals surface area contributed by atoms with Crippen LogP contribution in [0.4, 0.5) is 0 Å². The second-order valence-corrected chi connectivity index (χ2v) is 7.60. The van der Waals surface area contributed by atoms with Gasteiger partial charge in [-0.25, -0.2) is 0 Å². The van der Waals surface area contributed by atoms with Crippen molar-refractivity contribution in [1.82, 2.24) is 0 Å². The fraction of sp³-hybridized carbons (Fsp3) is 0.867. The van der Waals surface area contributed by atoms with E-state index in [1.807, 2.05) is 0 Å². The summed E-state index contributed by atoms with van der Waals surface area (Å²) in [6, 6.07) is 0. The van der Waals surface area contributed by atoms with Crippen molar-refractivity contribution in [2.45, 2.75) is 45.8 Å². The lowest BCUT2D eigenvalue weighted by Gasteiger charge is -2.48. The van der Waals surface area contributed by atoms with Gasteiger partial charge in [0.05, 0.1) is 17.8 Å². The van der Waals surface area contributed by atoms with Gasteiger partial charge in [-0.2, -0.15) is 0 Å². The Morgan fingerprint density at radius 3 is 2.70 bits per heavy atom. The van der Waals surface area contributed by atoms with Crippen LogP contribution in [0, 0.1) is 28.1 Å². The van der Waals surface area contributed by atoms with Crippen molar-refractivity contribution in [3.05, 3.63) is 0 Å². The van der Waals surface area contributed by atoms with Crippen molar-refractivity contribution >= 4 is 11.9 Å². The molecule has 2 aliphatic heterocycles. The fourth-order valence-corrected chi connectivity index (χ4v) is 6.18. The van der Waals surface area contributed by atoms with E-state index in [2.05, 4.69) is 13.8 Å². The number of carbonyl (C=O) groups is 2. The summed E-state index contributed by atoms with van der Waals surface area (Å²) in [6.45, 7) is 4.23. The summed E-state index contributed by atoms with van der Waals surface area (Å²) in [6.07, 6.45) is 2.01. The van der Waals surface area contributed by atoms with Crippen LogP contribution in [0.25, 0.3) is 0 Å². The molecule has 2 saturated heterocycles. The lowest BCUT2D eigenvalue weighted by Crippen LogP contribution is -2.54. The van der Waals surface area contributed by atoms with Gasteiger partial charge in [-0.05, 0) is 36.0 Å². The van der Waals surface area contributed by atoms with Gasteiger partial charge >= 0.3 is 11.9 Å². The molecule has 0 aromatic rings. The number of esters is 2. The topological polar surface area (TPSA) is 72.8 Å². The number of aliphatic hydroxyl groups excluding tert-OH is 1. The predicted octanol–water partition coefficient (Wildman–Crippen LogP) is 1.24. The van der Waals surface area contributed by atoms with E-state index in [1.54, 1.807) is 0 Å². The molecule has 0 bridgehead atoms. The van der Waals surface area contributed by atoms with Gasteiger partial charge in [-0.15, -0.1) is 0 Å². The minimum atomic E-state index is -0.743. The normalized spacial score (nSPS) is 56.2. The third kappa shape index (κ3) is 1.08. The molecule has 0 amide bonds. The lowest BCUT2D eigenvalue weighted by atomic mass is 9.57. The third-order valence-electron chi connectivity index (χ3n) is 6.61. The summed E-state index contributed by atoms with van der Waals surface area (Å²) in [5.74, 6) is -0.506. The maximum atomic E-state index is 12.2. The van der Waals surface area contributed by atoms with Crippen LogP contribution >= 0.6 is 0 Å². The number of carbonyl (C=O) groups excluding carboxylic acids is 2. The summed E-state index contributed by atoms with van der Waals surface area (Å²) in [4.78, 5) is 24.1. The van der Waals surface area contributed by atoms with Crippen molar-refractivity contribution in [3.8, 4) is 0 Å². The van der Waals surface area contributed by atoms with Crippen LogP contribution in [0.2, 0.25) is 0 Å². The van der Waals surface area contributed by atoms with E-state index in [-0.39, 0.29) is 41.2 Å². The monoisotopic (exact) mass is 280 g/mol. The zero-order valence-corrected chi connectivity index (χ0v) is 11.8. The first-order valence-corrected chi connectivity index (χ1v) is 7.38. The second-order valence-electron chi connectivity index (χ2n) is 7.60. The van der Waals surface area contributed by atoms with E-state index >= 15 is 0 Å². The molecular weight excluding hydrogens is 260 g/mol. The molecule has 1 unspecified atom stereocenters. The smallest absolute Gasteiger partial charge is 0.312 e. The second kappa shape index (κ2) is 3.38. The minimum absolute atomic E-state index is 0.0802. The zero-order valence-electron chi connectivity index (χ0n) is 11.8. The van der Waals surface area contributed by atoms with E-state index in [4.69, 9.17) is 9.47 Å². The minimum Gasteiger partial charge on any atom is -0.424 e. The molecule has 110 valence electrons. The van der Waals surface area contributed by atoms with Gasteiger partial charge in [0.25, 0.3) is 6.29 Å². The van der Waals surface area contributed by atoms with E-state index in [1.165, 1.54) is 0 Å². The van der Waals surface area contributed by atoms with Gasteiger partial charge < -0.3 is 14.6 Å². The van der Waals surface area contributed by atoms with Crippen molar-refractivity contribution in [2.24, 2.45) is 28.1 Å². The van der Waals surface area contributed by atoms with Crippen molar-refractivity contribution in [1.29, 1.82) is 0 Å². The number of rotatable bonds is 1. The Labute approximate surface area is 117 Å². The summed E-state index contributed by atoms with van der Waals surface area (Å²) >= 11 is 0. The molecule has 4 aliphatic rings. The number of hydrogen-bond acceptors (Lipinski definition) is 5. The van der Waals surface area contributed by atoms with E-state index < -0.39 is 11.7 Å². The van der Waals surface area contributed by atoms with Crippen LogP contribution in [0.1, 0.15) is 39.5 Å². The summed E-state index contributed by atoms with van der Waals surface area (Å²) in [7, 11) is 0. The van der Waals surface area contributed by atoms with Gasteiger partial charge in [-0.1, -0.05) is 13.8 Å². The Kier molecular flexibility index (Phi) is 2.13. The highest BCUT2D eigenvalue weighted by molar-refractivity contribution is 5.80. The molecule has 1 spiro atoms. The van der Waals surface area contributed by atoms with Crippen molar-refractivity contribution < 1.29 is 24.2 Å². The van der Waals surface area contributed by atoms with Crippen LogP contribution in [0.15, 0.2) is 0 Å². The molecule has 2 saturated carbocycles. The molecule has 4 fully saturated rings. The highest BCUT2D eigenvalue weighted by Crippen LogP contribution is 2.77. The Morgan fingerprint density at radius 1 is 1.25 bits per heavy atom. The maximum absolute atomic E-state index is 12.2. The maximum Gasteiger partial charge on any atom is 0.312 e. The molecule has 20 heavy (non-hydrogen) atoms. The first-order chi connectivity index (χ1) is 9.37. The average molecular weight is 280 g/mol. The Balaban J connectivity index is 1.94. The highest BCUT2D eigenvalue weighted by atomic mass is 16.7. The Bertz CT molecular complexity index is 514.